The number of rotatable bonds is 6. The number of carbonyl (C=O) groups excluding carboxylic acids is 1. The number of aromatic nitrogens is 1. The maximum absolute atomic E-state index is 13.6. The van der Waals surface area contributed by atoms with Crippen LogP contribution < -0.4 is 4.90 Å². The summed E-state index contributed by atoms with van der Waals surface area (Å²) in [5.41, 5.74) is 6.31. The number of hydrogen-bond acceptors (Lipinski definition) is 5. The summed E-state index contributed by atoms with van der Waals surface area (Å²) in [5.74, 6) is 0.0351. The monoisotopic (exact) mass is 437 g/mol. The summed E-state index contributed by atoms with van der Waals surface area (Å²) in [7, 11) is 0. The van der Waals surface area contributed by atoms with Crippen LogP contribution in [-0.4, -0.2) is 55.2 Å². The lowest BCUT2D eigenvalue weighted by Crippen LogP contribution is -2.39. The zero-order chi connectivity index (χ0) is 22.0. The summed E-state index contributed by atoms with van der Waals surface area (Å²) in [4.78, 5) is 22.8. The Morgan fingerprint density at radius 1 is 1.06 bits per heavy atom. The van der Waals surface area contributed by atoms with Gasteiger partial charge in [-0.1, -0.05) is 35.1 Å². The van der Waals surface area contributed by atoms with Gasteiger partial charge in [-0.3, -0.25) is 14.6 Å². The third-order valence-electron chi connectivity index (χ3n) is 5.87. The first kappa shape index (κ1) is 21.9. The molecule has 5 nitrogen and oxygen atoms in total. The molecule has 2 heterocycles. The Morgan fingerprint density at radius 2 is 1.81 bits per heavy atom. The standard InChI is InChI=1S/C25H31N3O2S/c1-17-6-7-21(19(3)14-17)24(29)28(9-5-8-27-10-12-30-13-11-27)25-26-23-20(4)15-18(2)16-22(23)31-25/h6-7,14-16H,5,8-13H2,1-4H3. The van der Waals surface area contributed by atoms with E-state index in [2.05, 4.69) is 43.9 Å². The molecular formula is C25H31N3O2S. The van der Waals surface area contributed by atoms with Crippen molar-refractivity contribution in [3.8, 4) is 0 Å². The molecule has 1 amide bonds. The van der Waals surface area contributed by atoms with E-state index in [4.69, 9.17) is 9.72 Å². The lowest BCUT2D eigenvalue weighted by Gasteiger charge is -2.28. The highest BCUT2D eigenvalue weighted by Gasteiger charge is 2.23. The smallest absolute Gasteiger partial charge is 0.260 e. The molecule has 3 aromatic rings. The number of amides is 1. The lowest BCUT2D eigenvalue weighted by molar-refractivity contribution is 0.0376. The third-order valence-corrected chi connectivity index (χ3v) is 6.89. The topological polar surface area (TPSA) is 45.7 Å². The van der Waals surface area contributed by atoms with Crippen LogP contribution in [0.1, 0.15) is 39.0 Å². The average molecular weight is 438 g/mol. The van der Waals surface area contributed by atoms with Crippen molar-refractivity contribution in [3.05, 3.63) is 58.1 Å². The van der Waals surface area contributed by atoms with E-state index in [0.717, 1.165) is 71.3 Å². The van der Waals surface area contributed by atoms with E-state index in [1.807, 2.05) is 24.0 Å². The molecule has 1 aliphatic rings. The van der Waals surface area contributed by atoms with Crippen molar-refractivity contribution in [2.45, 2.75) is 34.1 Å². The molecule has 1 aromatic heterocycles. The maximum atomic E-state index is 13.6. The maximum Gasteiger partial charge on any atom is 0.260 e. The van der Waals surface area contributed by atoms with Crippen molar-refractivity contribution in [3.63, 3.8) is 0 Å². The van der Waals surface area contributed by atoms with Crippen LogP contribution in [0.5, 0.6) is 0 Å². The lowest BCUT2D eigenvalue weighted by atomic mass is 10.0. The predicted octanol–water partition coefficient (Wildman–Crippen LogP) is 4.90. The van der Waals surface area contributed by atoms with Crippen LogP contribution in [0.3, 0.4) is 0 Å². The Bertz CT molecular complexity index is 1090. The molecule has 0 atom stereocenters. The van der Waals surface area contributed by atoms with E-state index >= 15 is 0 Å². The zero-order valence-corrected chi connectivity index (χ0v) is 19.7. The Morgan fingerprint density at radius 3 is 2.55 bits per heavy atom. The van der Waals surface area contributed by atoms with Gasteiger partial charge < -0.3 is 4.74 Å². The first-order valence-corrected chi connectivity index (χ1v) is 11.8. The summed E-state index contributed by atoms with van der Waals surface area (Å²) < 4.78 is 6.59. The minimum atomic E-state index is 0.0351. The summed E-state index contributed by atoms with van der Waals surface area (Å²) in [5, 5.41) is 0.788. The predicted molar refractivity (Wildman–Crippen MR) is 129 cm³/mol. The fraction of sp³-hybridized carbons (Fsp3) is 0.440. The van der Waals surface area contributed by atoms with E-state index in [-0.39, 0.29) is 5.91 Å². The second kappa shape index (κ2) is 9.47. The minimum Gasteiger partial charge on any atom is -0.379 e. The molecule has 1 fully saturated rings. The Kier molecular flexibility index (Phi) is 6.70. The molecule has 164 valence electrons. The molecular weight excluding hydrogens is 406 g/mol. The van der Waals surface area contributed by atoms with E-state index < -0.39 is 0 Å². The van der Waals surface area contributed by atoms with Crippen molar-refractivity contribution in [2.75, 3.05) is 44.3 Å². The van der Waals surface area contributed by atoms with Crippen molar-refractivity contribution >= 4 is 32.6 Å². The molecule has 31 heavy (non-hydrogen) atoms. The average Bonchev–Trinajstić information content (AvgIpc) is 3.15. The van der Waals surface area contributed by atoms with Gasteiger partial charge >= 0.3 is 0 Å². The van der Waals surface area contributed by atoms with Crippen LogP contribution >= 0.6 is 11.3 Å². The Labute approximate surface area is 188 Å². The number of carbonyl (C=O) groups is 1. The van der Waals surface area contributed by atoms with Crippen LogP contribution in [-0.2, 0) is 4.74 Å². The first-order chi connectivity index (χ1) is 14.9. The molecule has 0 unspecified atom stereocenters. The van der Waals surface area contributed by atoms with Gasteiger partial charge in [-0.05, 0) is 62.9 Å². The van der Waals surface area contributed by atoms with Gasteiger partial charge in [0.1, 0.15) is 0 Å². The van der Waals surface area contributed by atoms with Gasteiger partial charge in [0, 0.05) is 31.7 Å². The number of aryl methyl sites for hydroxylation is 4. The van der Waals surface area contributed by atoms with Gasteiger partial charge in [-0.2, -0.15) is 0 Å². The summed E-state index contributed by atoms with van der Waals surface area (Å²) in [6, 6.07) is 10.4. The van der Waals surface area contributed by atoms with Crippen molar-refractivity contribution < 1.29 is 9.53 Å². The molecule has 1 saturated heterocycles. The number of nitrogens with zero attached hydrogens (tertiary/aromatic N) is 3. The molecule has 2 aromatic carbocycles. The van der Waals surface area contributed by atoms with E-state index in [1.165, 1.54) is 11.1 Å². The van der Waals surface area contributed by atoms with Crippen LogP contribution in [0.25, 0.3) is 10.2 Å². The van der Waals surface area contributed by atoms with Gasteiger partial charge in [0.2, 0.25) is 0 Å². The fourth-order valence-corrected chi connectivity index (χ4v) is 5.40. The molecule has 0 bridgehead atoms. The quantitative estimate of drug-likeness (QED) is 0.550. The highest BCUT2D eigenvalue weighted by Crippen LogP contribution is 2.33. The zero-order valence-electron chi connectivity index (χ0n) is 18.9. The van der Waals surface area contributed by atoms with Crippen LogP contribution in [0, 0.1) is 27.7 Å². The van der Waals surface area contributed by atoms with Gasteiger partial charge in [-0.25, -0.2) is 4.98 Å². The van der Waals surface area contributed by atoms with Crippen molar-refractivity contribution in [1.29, 1.82) is 0 Å². The Hall–Kier alpha value is -2.28. The second-order valence-electron chi connectivity index (χ2n) is 8.51. The molecule has 6 heteroatoms. The first-order valence-electron chi connectivity index (χ1n) is 11.0. The third kappa shape index (κ3) is 4.97. The van der Waals surface area contributed by atoms with Crippen molar-refractivity contribution in [1.82, 2.24) is 9.88 Å². The number of fused-ring (bicyclic) bond motifs is 1. The highest BCUT2D eigenvalue weighted by molar-refractivity contribution is 7.22. The number of ether oxygens (including phenoxy) is 1. The SMILES string of the molecule is Cc1ccc(C(=O)N(CCCN2CCOCC2)c2nc3c(C)cc(C)cc3s2)c(C)c1. The summed E-state index contributed by atoms with van der Waals surface area (Å²) in [6.45, 7) is 13.4. The van der Waals surface area contributed by atoms with Gasteiger partial charge in [0.25, 0.3) is 5.91 Å². The molecule has 0 spiro atoms. The molecule has 0 saturated carbocycles. The van der Waals surface area contributed by atoms with E-state index in [9.17, 15) is 4.79 Å². The van der Waals surface area contributed by atoms with Crippen LogP contribution in [0.4, 0.5) is 5.13 Å². The second-order valence-corrected chi connectivity index (χ2v) is 9.52. The highest BCUT2D eigenvalue weighted by atomic mass is 32.1. The molecule has 4 rings (SSSR count). The van der Waals surface area contributed by atoms with Crippen molar-refractivity contribution in [2.24, 2.45) is 0 Å². The van der Waals surface area contributed by atoms with Gasteiger partial charge in [-0.15, -0.1) is 0 Å². The largest absolute Gasteiger partial charge is 0.379 e. The number of thiazole rings is 1. The number of anilines is 1. The van der Waals surface area contributed by atoms with E-state index in [0.29, 0.717) is 6.54 Å². The normalized spacial score (nSPS) is 14.8. The number of hydrogen-bond donors (Lipinski definition) is 0. The molecule has 1 aliphatic heterocycles. The molecule has 0 aliphatic carbocycles. The molecule has 0 N–H and O–H groups in total. The Balaban J connectivity index is 1.63. The van der Waals surface area contributed by atoms with Gasteiger partial charge in [0.05, 0.1) is 23.4 Å². The van der Waals surface area contributed by atoms with Crippen LogP contribution in [0.15, 0.2) is 30.3 Å². The van der Waals surface area contributed by atoms with E-state index in [1.54, 1.807) is 11.3 Å². The van der Waals surface area contributed by atoms with Gasteiger partial charge in [0.15, 0.2) is 5.13 Å². The molecule has 0 radical (unpaired) electrons. The fourth-order valence-electron chi connectivity index (χ4n) is 4.23. The number of benzene rings is 2. The van der Waals surface area contributed by atoms with Crippen LogP contribution in [0.2, 0.25) is 0 Å². The summed E-state index contributed by atoms with van der Waals surface area (Å²) >= 11 is 1.61. The minimum absolute atomic E-state index is 0.0351. The summed E-state index contributed by atoms with van der Waals surface area (Å²) in [6.07, 6.45) is 0.907. The number of morpholine rings is 1.